The summed E-state index contributed by atoms with van der Waals surface area (Å²) in [4.78, 5) is 24.9. The smallest absolute Gasteiger partial charge is 0.272 e. The molecule has 0 unspecified atom stereocenters. The van der Waals surface area contributed by atoms with Crippen LogP contribution in [0.25, 0.3) is 0 Å². The number of piperidine rings is 1. The molecule has 0 radical (unpaired) electrons. The molecule has 0 aliphatic carbocycles. The molecule has 0 saturated carbocycles. The van der Waals surface area contributed by atoms with Crippen molar-refractivity contribution in [1.29, 1.82) is 0 Å². The minimum atomic E-state index is -0.0493. The number of aromatic nitrogens is 2. The summed E-state index contributed by atoms with van der Waals surface area (Å²) in [5, 5.41) is 0.306. The molecule has 5 nitrogen and oxygen atoms in total. The first-order valence-corrected chi connectivity index (χ1v) is 9.16. The van der Waals surface area contributed by atoms with Crippen molar-refractivity contribution in [3.05, 3.63) is 58.6 Å². The van der Waals surface area contributed by atoms with E-state index in [1.807, 2.05) is 4.90 Å². The lowest BCUT2D eigenvalue weighted by Crippen LogP contribution is -2.48. The monoisotopic (exact) mass is 356 g/mol. The van der Waals surface area contributed by atoms with Crippen LogP contribution >= 0.6 is 11.6 Å². The molecule has 2 aromatic rings. The quantitative estimate of drug-likeness (QED) is 0.776. The van der Waals surface area contributed by atoms with Gasteiger partial charge in [-0.15, -0.1) is 0 Å². The van der Waals surface area contributed by atoms with Gasteiger partial charge in [0.2, 0.25) is 0 Å². The highest BCUT2D eigenvalue weighted by Gasteiger charge is 2.29. The maximum absolute atomic E-state index is 12.6. The number of amides is 1. The maximum Gasteiger partial charge on any atom is 0.272 e. The highest BCUT2D eigenvalue weighted by atomic mass is 35.5. The van der Waals surface area contributed by atoms with Crippen LogP contribution in [-0.4, -0.2) is 51.4 Å². The minimum Gasteiger partial charge on any atom is -0.337 e. The number of halogens is 1. The summed E-state index contributed by atoms with van der Waals surface area (Å²) in [6.07, 6.45) is 4.47. The van der Waals surface area contributed by atoms with E-state index in [0.29, 0.717) is 16.9 Å². The van der Waals surface area contributed by atoms with Crippen LogP contribution in [0.4, 0.5) is 0 Å². The molecule has 0 atom stereocenters. The van der Waals surface area contributed by atoms with Crippen molar-refractivity contribution >= 4 is 17.5 Å². The summed E-state index contributed by atoms with van der Waals surface area (Å²) in [6.45, 7) is 3.67. The van der Waals surface area contributed by atoms with Crippen LogP contribution in [0.2, 0.25) is 5.15 Å². The summed E-state index contributed by atoms with van der Waals surface area (Å²) in [7, 11) is 0. The third-order valence-corrected chi connectivity index (χ3v) is 5.49. The van der Waals surface area contributed by atoms with Crippen LogP contribution in [0, 0.1) is 0 Å². The SMILES string of the molecule is O=C(c1cc(Cl)ncn1)N1CCC(N2CCc3ccccc3C2)CC1. The van der Waals surface area contributed by atoms with Crippen LogP contribution in [0.1, 0.15) is 34.5 Å². The molecule has 2 aliphatic rings. The first-order chi connectivity index (χ1) is 12.2. The second kappa shape index (κ2) is 7.10. The van der Waals surface area contributed by atoms with Gasteiger partial charge in [-0.1, -0.05) is 35.9 Å². The first kappa shape index (κ1) is 16.5. The molecule has 1 fully saturated rings. The van der Waals surface area contributed by atoms with E-state index in [1.165, 1.54) is 23.5 Å². The lowest BCUT2D eigenvalue weighted by Gasteiger charge is -2.40. The Morgan fingerprint density at radius 1 is 1.08 bits per heavy atom. The highest BCUT2D eigenvalue weighted by molar-refractivity contribution is 6.29. The zero-order valence-electron chi connectivity index (χ0n) is 14.1. The molecule has 1 aromatic carbocycles. The normalized spacial score (nSPS) is 18.8. The van der Waals surface area contributed by atoms with Crippen molar-refractivity contribution in [1.82, 2.24) is 19.8 Å². The van der Waals surface area contributed by atoms with Crippen molar-refractivity contribution in [2.24, 2.45) is 0 Å². The van der Waals surface area contributed by atoms with Gasteiger partial charge in [0.25, 0.3) is 5.91 Å². The van der Waals surface area contributed by atoms with E-state index in [9.17, 15) is 4.79 Å². The average molecular weight is 357 g/mol. The van der Waals surface area contributed by atoms with Gasteiger partial charge >= 0.3 is 0 Å². The Labute approximate surface area is 152 Å². The molecular formula is C19H21ClN4O. The minimum absolute atomic E-state index is 0.0493. The Hall–Kier alpha value is -1.98. The topological polar surface area (TPSA) is 49.3 Å². The van der Waals surface area contributed by atoms with E-state index in [0.717, 1.165) is 45.4 Å². The van der Waals surface area contributed by atoms with E-state index in [1.54, 1.807) is 0 Å². The molecule has 0 bridgehead atoms. The number of hydrogen-bond acceptors (Lipinski definition) is 4. The predicted octanol–water partition coefficient (Wildman–Crippen LogP) is 2.79. The summed E-state index contributed by atoms with van der Waals surface area (Å²) in [5.74, 6) is -0.0493. The molecule has 1 aromatic heterocycles. The molecule has 0 N–H and O–H groups in total. The van der Waals surface area contributed by atoms with Gasteiger partial charge in [0.1, 0.15) is 17.2 Å². The average Bonchev–Trinajstić information content (AvgIpc) is 2.67. The van der Waals surface area contributed by atoms with Crippen LogP contribution in [0.15, 0.2) is 36.7 Å². The summed E-state index contributed by atoms with van der Waals surface area (Å²) < 4.78 is 0. The van der Waals surface area contributed by atoms with Crippen LogP contribution in [0.3, 0.4) is 0 Å². The number of benzene rings is 1. The molecule has 25 heavy (non-hydrogen) atoms. The Balaban J connectivity index is 1.37. The molecule has 3 heterocycles. The predicted molar refractivity (Wildman–Crippen MR) is 96.5 cm³/mol. The number of rotatable bonds is 2. The number of nitrogens with zero attached hydrogens (tertiary/aromatic N) is 4. The van der Waals surface area contributed by atoms with E-state index in [-0.39, 0.29) is 5.91 Å². The van der Waals surface area contributed by atoms with E-state index >= 15 is 0 Å². The van der Waals surface area contributed by atoms with Crippen molar-refractivity contribution in [3.63, 3.8) is 0 Å². The van der Waals surface area contributed by atoms with Crippen LogP contribution in [0.5, 0.6) is 0 Å². The number of likely N-dealkylation sites (tertiary alicyclic amines) is 1. The fraction of sp³-hybridized carbons (Fsp3) is 0.421. The van der Waals surface area contributed by atoms with Crippen molar-refractivity contribution < 1.29 is 4.79 Å². The Morgan fingerprint density at radius 2 is 1.84 bits per heavy atom. The van der Waals surface area contributed by atoms with Crippen molar-refractivity contribution in [2.45, 2.75) is 31.8 Å². The molecule has 4 rings (SSSR count). The fourth-order valence-electron chi connectivity index (χ4n) is 3.88. The zero-order valence-corrected chi connectivity index (χ0v) is 14.8. The molecule has 2 aliphatic heterocycles. The molecule has 1 saturated heterocycles. The third kappa shape index (κ3) is 3.53. The number of carbonyl (C=O) groups excluding carboxylic acids is 1. The van der Waals surface area contributed by atoms with Gasteiger partial charge in [0.05, 0.1) is 0 Å². The fourth-order valence-corrected chi connectivity index (χ4v) is 4.02. The van der Waals surface area contributed by atoms with Gasteiger partial charge in [-0.25, -0.2) is 9.97 Å². The van der Waals surface area contributed by atoms with Gasteiger partial charge < -0.3 is 4.90 Å². The maximum atomic E-state index is 12.6. The van der Waals surface area contributed by atoms with Gasteiger partial charge in [-0.05, 0) is 30.4 Å². The summed E-state index contributed by atoms with van der Waals surface area (Å²) in [5.41, 5.74) is 3.31. The van der Waals surface area contributed by atoms with E-state index < -0.39 is 0 Å². The number of fused-ring (bicyclic) bond motifs is 1. The standard InChI is InChI=1S/C19H21ClN4O/c20-18-11-17(21-13-22-18)19(25)23-9-6-16(7-10-23)24-8-5-14-3-1-2-4-15(14)12-24/h1-4,11,13,16H,5-10,12H2. The first-order valence-electron chi connectivity index (χ1n) is 8.78. The van der Waals surface area contributed by atoms with Gasteiger partial charge in [0, 0.05) is 38.3 Å². The number of hydrogen-bond donors (Lipinski definition) is 0. The lowest BCUT2D eigenvalue weighted by molar-refractivity contribution is 0.0594. The Bertz CT molecular complexity index is 774. The molecule has 0 spiro atoms. The van der Waals surface area contributed by atoms with Crippen LogP contribution < -0.4 is 0 Å². The van der Waals surface area contributed by atoms with Gasteiger partial charge in [-0.3, -0.25) is 9.69 Å². The molecular weight excluding hydrogens is 336 g/mol. The Morgan fingerprint density at radius 3 is 2.60 bits per heavy atom. The van der Waals surface area contributed by atoms with Crippen molar-refractivity contribution in [3.8, 4) is 0 Å². The molecule has 1 amide bonds. The van der Waals surface area contributed by atoms with Gasteiger partial charge in [0.15, 0.2) is 0 Å². The third-order valence-electron chi connectivity index (χ3n) is 5.28. The van der Waals surface area contributed by atoms with E-state index in [4.69, 9.17) is 11.6 Å². The zero-order chi connectivity index (χ0) is 17.2. The van der Waals surface area contributed by atoms with E-state index in [2.05, 4.69) is 39.1 Å². The van der Waals surface area contributed by atoms with Crippen LogP contribution in [-0.2, 0) is 13.0 Å². The second-order valence-corrected chi connectivity index (χ2v) is 7.13. The van der Waals surface area contributed by atoms with Crippen molar-refractivity contribution in [2.75, 3.05) is 19.6 Å². The molecule has 6 heteroatoms. The Kier molecular flexibility index (Phi) is 4.68. The summed E-state index contributed by atoms with van der Waals surface area (Å²) in [6, 6.07) is 10.8. The highest BCUT2D eigenvalue weighted by Crippen LogP contribution is 2.25. The largest absolute Gasteiger partial charge is 0.337 e. The molecule has 130 valence electrons. The lowest BCUT2D eigenvalue weighted by atomic mass is 9.95. The van der Waals surface area contributed by atoms with Gasteiger partial charge in [-0.2, -0.15) is 0 Å². The number of carbonyl (C=O) groups is 1. The summed E-state index contributed by atoms with van der Waals surface area (Å²) >= 11 is 5.87. The second-order valence-electron chi connectivity index (χ2n) is 6.74.